The van der Waals surface area contributed by atoms with E-state index >= 15 is 0 Å². The number of rotatable bonds is 2. The molecule has 0 aromatic heterocycles. The van der Waals surface area contributed by atoms with Crippen molar-refractivity contribution in [1.82, 2.24) is 4.90 Å². The second-order valence-electron chi connectivity index (χ2n) is 4.78. The third-order valence-corrected chi connectivity index (χ3v) is 3.27. The summed E-state index contributed by atoms with van der Waals surface area (Å²) in [7, 11) is 0. The number of hydrogen-bond acceptors (Lipinski definition) is 4. The number of urea groups is 1. The van der Waals surface area contributed by atoms with Gasteiger partial charge >= 0.3 is 6.03 Å². The van der Waals surface area contributed by atoms with Crippen molar-refractivity contribution in [2.75, 3.05) is 18.4 Å². The number of anilines is 1. The predicted molar refractivity (Wildman–Crippen MR) is 70.8 cm³/mol. The van der Waals surface area contributed by atoms with Crippen molar-refractivity contribution in [3.63, 3.8) is 0 Å². The summed E-state index contributed by atoms with van der Waals surface area (Å²) in [4.78, 5) is 23.7. The SMILES string of the molecule is CC1CN(C(=O)Nc2cccc([N+](=O)[O-])c2)CC1N. The lowest BCUT2D eigenvalue weighted by Crippen LogP contribution is -2.35. The number of nitrogens with two attached hydrogens (primary N) is 1. The molecule has 1 heterocycles. The van der Waals surface area contributed by atoms with Gasteiger partial charge in [-0.25, -0.2) is 4.79 Å². The van der Waals surface area contributed by atoms with Crippen molar-refractivity contribution in [3.05, 3.63) is 34.4 Å². The maximum atomic E-state index is 12.0. The Bertz CT molecular complexity index is 496. The molecule has 2 amide bonds. The molecule has 1 aromatic carbocycles. The molecule has 7 heteroatoms. The summed E-state index contributed by atoms with van der Waals surface area (Å²) in [5.74, 6) is 0.260. The van der Waals surface area contributed by atoms with Gasteiger partial charge in [-0.15, -0.1) is 0 Å². The van der Waals surface area contributed by atoms with Crippen molar-refractivity contribution in [1.29, 1.82) is 0 Å². The number of carbonyl (C=O) groups is 1. The number of nitro benzene ring substituents is 1. The van der Waals surface area contributed by atoms with Crippen LogP contribution in [0.1, 0.15) is 6.92 Å². The molecule has 1 aliphatic heterocycles. The molecule has 1 aromatic rings. The molecule has 0 aliphatic carbocycles. The summed E-state index contributed by atoms with van der Waals surface area (Å²) in [5, 5.41) is 13.3. The van der Waals surface area contributed by atoms with E-state index in [0.29, 0.717) is 18.8 Å². The summed E-state index contributed by atoms with van der Waals surface area (Å²) in [5.41, 5.74) is 6.21. The zero-order valence-electron chi connectivity index (χ0n) is 10.6. The quantitative estimate of drug-likeness (QED) is 0.622. The van der Waals surface area contributed by atoms with Crippen LogP contribution >= 0.6 is 0 Å². The highest BCUT2D eigenvalue weighted by atomic mass is 16.6. The first kappa shape index (κ1) is 13.3. The van der Waals surface area contributed by atoms with Gasteiger partial charge in [0, 0.05) is 37.0 Å². The number of carbonyl (C=O) groups excluding carboxylic acids is 1. The third-order valence-electron chi connectivity index (χ3n) is 3.27. The molecule has 102 valence electrons. The summed E-state index contributed by atoms with van der Waals surface area (Å²) < 4.78 is 0. The van der Waals surface area contributed by atoms with Crippen LogP contribution in [0, 0.1) is 16.0 Å². The van der Waals surface area contributed by atoms with Crippen LogP contribution in [0.3, 0.4) is 0 Å². The average molecular weight is 264 g/mol. The highest BCUT2D eigenvalue weighted by Crippen LogP contribution is 2.19. The maximum absolute atomic E-state index is 12.0. The maximum Gasteiger partial charge on any atom is 0.321 e. The van der Waals surface area contributed by atoms with Crippen LogP contribution in [0.25, 0.3) is 0 Å². The van der Waals surface area contributed by atoms with Crippen LogP contribution in [-0.4, -0.2) is 35.0 Å². The molecular formula is C12H16N4O3. The number of nitro groups is 1. The minimum Gasteiger partial charge on any atom is -0.326 e. The number of nitrogens with zero attached hydrogens (tertiary/aromatic N) is 2. The first-order chi connectivity index (χ1) is 8.97. The molecule has 19 heavy (non-hydrogen) atoms. The van der Waals surface area contributed by atoms with Gasteiger partial charge in [0.05, 0.1) is 4.92 Å². The monoisotopic (exact) mass is 264 g/mol. The van der Waals surface area contributed by atoms with E-state index in [0.717, 1.165) is 0 Å². The van der Waals surface area contributed by atoms with E-state index in [9.17, 15) is 14.9 Å². The Hall–Kier alpha value is -2.15. The van der Waals surface area contributed by atoms with Crippen molar-refractivity contribution >= 4 is 17.4 Å². The van der Waals surface area contributed by atoms with E-state index in [1.807, 2.05) is 6.92 Å². The zero-order valence-corrected chi connectivity index (χ0v) is 10.6. The Labute approximate surface area is 110 Å². The lowest BCUT2D eigenvalue weighted by atomic mass is 10.1. The lowest BCUT2D eigenvalue weighted by Gasteiger charge is -2.16. The average Bonchev–Trinajstić information content (AvgIpc) is 2.70. The molecule has 0 spiro atoms. The van der Waals surface area contributed by atoms with E-state index in [-0.39, 0.29) is 23.7 Å². The van der Waals surface area contributed by atoms with Gasteiger partial charge in [-0.3, -0.25) is 10.1 Å². The number of non-ortho nitro benzene ring substituents is 1. The van der Waals surface area contributed by atoms with Gasteiger partial charge in [0.2, 0.25) is 0 Å². The van der Waals surface area contributed by atoms with E-state index in [2.05, 4.69) is 5.32 Å². The highest BCUT2D eigenvalue weighted by Gasteiger charge is 2.29. The van der Waals surface area contributed by atoms with Gasteiger partial charge < -0.3 is 16.0 Å². The molecular weight excluding hydrogens is 248 g/mol. The fraction of sp³-hybridized carbons (Fsp3) is 0.417. The predicted octanol–water partition coefficient (Wildman–Crippen LogP) is 1.41. The molecule has 0 bridgehead atoms. The van der Waals surface area contributed by atoms with Crippen LogP contribution in [0.2, 0.25) is 0 Å². The van der Waals surface area contributed by atoms with Crippen molar-refractivity contribution < 1.29 is 9.72 Å². The Kier molecular flexibility index (Phi) is 3.66. The molecule has 7 nitrogen and oxygen atoms in total. The number of hydrogen-bond donors (Lipinski definition) is 2. The standard InChI is InChI=1S/C12H16N4O3/c1-8-6-15(7-11(8)13)12(17)14-9-3-2-4-10(5-9)16(18)19/h2-5,8,11H,6-7,13H2,1H3,(H,14,17). The molecule has 0 radical (unpaired) electrons. The molecule has 1 fully saturated rings. The van der Waals surface area contributed by atoms with E-state index in [1.165, 1.54) is 18.2 Å². The van der Waals surface area contributed by atoms with Crippen LogP contribution in [0.4, 0.5) is 16.2 Å². The normalized spacial score (nSPS) is 22.3. The molecule has 1 aliphatic rings. The minimum atomic E-state index is -0.497. The Morgan fingerprint density at radius 2 is 2.26 bits per heavy atom. The Morgan fingerprint density at radius 1 is 1.53 bits per heavy atom. The number of likely N-dealkylation sites (tertiary alicyclic amines) is 1. The van der Waals surface area contributed by atoms with E-state index in [1.54, 1.807) is 11.0 Å². The first-order valence-corrected chi connectivity index (χ1v) is 6.03. The molecule has 3 N–H and O–H groups in total. The van der Waals surface area contributed by atoms with Gasteiger partial charge in [-0.2, -0.15) is 0 Å². The number of nitrogens with one attached hydrogen (secondary N) is 1. The van der Waals surface area contributed by atoms with Crippen molar-refractivity contribution in [2.45, 2.75) is 13.0 Å². The summed E-state index contributed by atoms with van der Waals surface area (Å²) in [6.45, 7) is 3.09. The third kappa shape index (κ3) is 3.00. The molecule has 2 atom stereocenters. The second kappa shape index (κ2) is 5.23. The van der Waals surface area contributed by atoms with Gasteiger partial charge in [-0.1, -0.05) is 13.0 Å². The van der Waals surface area contributed by atoms with Crippen molar-refractivity contribution in [2.24, 2.45) is 11.7 Å². The molecule has 2 rings (SSSR count). The molecule has 0 saturated carbocycles. The minimum absolute atomic E-state index is 0.0177. The van der Waals surface area contributed by atoms with Crippen LogP contribution in [0.5, 0.6) is 0 Å². The van der Waals surface area contributed by atoms with Crippen LogP contribution in [-0.2, 0) is 0 Å². The number of benzene rings is 1. The topological polar surface area (TPSA) is 102 Å². The second-order valence-corrected chi connectivity index (χ2v) is 4.78. The summed E-state index contributed by atoms with van der Waals surface area (Å²) in [6, 6.07) is 5.56. The Morgan fingerprint density at radius 3 is 2.84 bits per heavy atom. The molecule has 2 unspecified atom stereocenters. The highest BCUT2D eigenvalue weighted by molar-refractivity contribution is 5.89. The van der Waals surface area contributed by atoms with E-state index in [4.69, 9.17) is 5.73 Å². The fourth-order valence-corrected chi connectivity index (χ4v) is 2.06. The first-order valence-electron chi connectivity index (χ1n) is 6.03. The van der Waals surface area contributed by atoms with Gasteiger partial charge in [0.25, 0.3) is 5.69 Å². The Balaban J connectivity index is 2.03. The largest absolute Gasteiger partial charge is 0.326 e. The van der Waals surface area contributed by atoms with Crippen molar-refractivity contribution in [3.8, 4) is 0 Å². The van der Waals surface area contributed by atoms with E-state index < -0.39 is 4.92 Å². The zero-order chi connectivity index (χ0) is 14.0. The van der Waals surface area contributed by atoms with Crippen LogP contribution < -0.4 is 11.1 Å². The number of amides is 2. The smallest absolute Gasteiger partial charge is 0.321 e. The van der Waals surface area contributed by atoms with Gasteiger partial charge in [0.1, 0.15) is 0 Å². The summed E-state index contributed by atoms with van der Waals surface area (Å²) in [6.07, 6.45) is 0. The van der Waals surface area contributed by atoms with Gasteiger partial charge in [-0.05, 0) is 12.0 Å². The van der Waals surface area contributed by atoms with Gasteiger partial charge in [0.15, 0.2) is 0 Å². The van der Waals surface area contributed by atoms with Crippen LogP contribution in [0.15, 0.2) is 24.3 Å². The molecule has 1 saturated heterocycles. The fourth-order valence-electron chi connectivity index (χ4n) is 2.06. The summed E-state index contributed by atoms with van der Waals surface area (Å²) >= 11 is 0. The lowest BCUT2D eigenvalue weighted by molar-refractivity contribution is -0.384.